The van der Waals surface area contributed by atoms with E-state index in [4.69, 9.17) is 4.74 Å². The lowest BCUT2D eigenvalue weighted by Crippen LogP contribution is -2.46. The minimum atomic E-state index is -0.491. The molecular formula is C23H25FN2O3. The van der Waals surface area contributed by atoms with Crippen molar-refractivity contribution in [2.75, 3.05) is 13.1 Å². The molecule has 2 aliphatic heterocycles. The van der Waals surface area contributed by atoms with Crippen LogP contribution in [0.3, 0.4) is 0 Å². The average Bonchev–Trinajstić information content (AvgIpc) is 2.87. The molecule has 2 atom stereocenters. The van der Waals surface area contributed by atoms with Gasteiger partial charge in [0.15, 0.2) is 0 Å². The van der Waals surface area contributed by atoms with Gasteiger partial charge in [-0.05, 0) is 43.7 Å². The number of likely N-dealkylation sites (tertiary alicyclic amines) is 1. The molecule has 2 aromatic rings. The molecule has 1 fully saturated rings. The number of halogens is 1. The summed E-state index contributed by atoms with van der Waals surface area (Å²) in [7, 11) is 0. The highest BCUT2D eigenvalue weighted by molar-refractivity contribution is 5.94. The lowest BCUT2D eigenvalue weighted by molar-refractivity contribution is -0.130. The van der Waals surface area contributed by atoms with Crippen molar-refractivity contribution in [3.63, 3.8) is 0 Å². The predicted octanol–water partition coefficient (Wildman–Crippen LogP) is 3.85. The number of hydrogen-bond acceptors (Lipinski definition) is 3. The van der Waals surface area contributed by atoms with Crippen LogP contribution in [0.25, 0.3) is 0 Å². The van der Waals surface area contributed by atoms with Crippen molar-refractivity contribution in [3.05, 3.63) is 65.5 Å². The summed E-state index contributed by atoms with van der Waals surface area (Å²) in [5.41, 5.74) is 0.850. The zero-order valence-electron chi connectivity index (χ0n) is 16.5. The smallest absolute Gasteiger partial charge is 0.251 e. The third kappa shape index (κ3) is 3.97. The van der Waals surface area contributed by atoms with Crippen LogP contribution in [0, 0.1) is 5.82 Å². The number of hydrogen-bond donors (Lipinski definition) is 1. The van der Waals surface area contributed by atoms with Gasteiger partial charge in [-0.25, -0.2) is 4.39 Å². The van der Waals surface area contributed by atoms with Crippen LogP contribution >= 0.6 is 0 Å². The van der Waals surface area contributed by atoms with E-state index < -0.39 is 5.60 Å². The fourth-order valence-electron chi connectivity index (χ4n) is 4.31. The second-order valence-corrected chi connectivity index (χ2v) is 7.78. The molecule has 29 heavy (non-hydrogen) atoms. The van der Waals surface area contributed by atoms with E-state index in [2.05, 4.69) is 5.32 Å². The fourth-order valence-corrected chi connectivity index (χ4v) is 4.31. The van der Waals surface area contributed by atoms with Gasteiger partial charge < -0.3 is 15.0 Å². The number of rotatable bonds is 3. The first kappa shape index (κ1) is 19.4. The first-order valence-electron chi connectivity index (χ1n) is 10.1. The molecule has 2 amide bonds. The van der Waals surface area contributed by atoms with Crippen molar-refractivity contribution in [2.45, 2.75) is 44.2 Å². The zero-order chi connectivity index (χ0) is 20.4. The Hall–Kier alpha value is -2.89. The predicted molar refractivity (Wildman–Crippen MR) is 107 cm³/mol. The standard InChI is InChI=1S/C23H25FN2O3/c1-2-26-14-13-23(12-11-21(26)27)15-19(18-5-3-4-6-20(18)29-23)25-22(28)16-7-9-17(24)10-8-16/h3-10,19H,2,11-15H2,1H3,(H,25,28). The summed E-state index contributed by atoms with van der Waals surface area (Å²) in [6.45, 7) is 3.32. The summed E-state index contributed by atoms with van der Waals surface area (Å²) in [6, 6.07) is 13.0. The van der Waals surface area contributed by atoms with E-state index in [1.807, 2.05) is 36.1 Å². The summed E-state index contributed by atoms with van der Waals surface area (Å²) < 4.78 is 19.6. The maximum absolute atomic E-state index is 13.2. The van der Waals surface area contributed by atoms with Crippen molar-refractivity contribution >= 4 is 11.8 Å². The number of ether oxygens (including phenoxy) is 1. The van der Waals surface area contributed by atoms with Crippen molar-refractivity contribution < 1.29 is 18.7 Å². The molecule has 2 heterocycles. The van der Waals surface area contributed by atoms with Gasteiger partial charge in [-0.15, -0.1) is 0 Å². The Kier molecular flexibility index (Phi) is 5.26. The second kappa shape index (κ2) is 7.85. The molecule has 0 aromatic heterocycles. The molecule has 2 unspecified atom stereocenters. The van der Waals surface area contributed by atoms with Crippen molar-refractivity contribution in [3.8, 4) is 5.75 Å². The summed E-state index contributed by atoms with van der Waals surface area (Å²) in [5, 5.41) is 3.10. The van der Waals surface area contributed by atoms with Gasteiger partial charge in [-0.3, -0.25) is 9.59 Å². The van der Waals surface area contributed by atoms with Gasteiger partial charge in [0.25, 0.3) is 5.91 Å². The Bertz CT molecular complexity index is 915. The Morgan fingerprint density at radius 2 is 1.97 bits per heavy atom. The molecule has 0 saturated carbocycles. The lowest BCUT2D eigenvalue weighted by atomic mass is 9.82. The fraction of sp³-hybridized carbons (Fsp3) is 0.391. The maximum atomic E-state index is 13.2. The van der Waals surface area contributed by atoms with Crippen LogP contribution in [-0.2, 0) is 4.79 Å². The molecule has 1 saturated heterocycles. The van der Waals surface area contributed by atoms with Crippen LogP contribution in [0.4, 0.5) is 4.39 Å². The Balaban J connectivity index is 1.60. The third-order valence-corrected chi connectivity index (χ3v) is 5.98. The first-order chi connectivity index (χ1) is 14.0. The third-order valence-electron chi connectivity index (χ3n) is 5.98. The van der Waals surface area contributed by atoms with E-state index >= 15 is 0 Å². The Morgan fingerprint density at radius 3 is 2.72 bits per heavy atom. The van der Waals surface area contributed by atoms with E-state index in [1.54, 1.807) is 0 Å². The van der Waals surface area contributed by atoms with Gasteiger partial charge in [0, 0.05) is 43.5 Å². The van der Waals surface area contributed by atoms with Crippen LogP contribution in [0.2, 0.25) is 0 Å². The molecule has 0 bridgehead atoms. The van der Waals surface area contributed by atoms with Crippen LogP contribution in [-0.4, -0.2) is 35.4 Å². The van der Waals surface area contributed by atoms with Gasteiger partial charge in [-0.1, -0.05) is 18.2 Å². The molecule has 2 aromatic carbocycles. The highest BCUT2D eigenvalue weighted by Gasteiger charge is 2.43. The van der Waals surface area contributed by atoms with Crippen molar-refractivity contribution in [2.24, 2.45) is 0 Å². The van der Waals surface area contributed by atoms with E-state index in [0.29, 0.717) is 37.9 Å². The molecule has 1 spiro atoms. The minimum Gasteiger partial charge on any atom is -0.487 e. The largest absolute Gasteiger partial charge is 0.487 e. The summed E-state index contributed by atoms with van der Waals surface area (Å²) in [5.74, 6) is 0.279. The molecule has 0 radical (unpaired) electrons. The summed E-state index contributed by atoms with van der Waals surface area (Å²) in [4.78, 5) is 27.0. The number of amides is 2. The van der Waals surface area contributed by atoms with Gasteiger partial charge in [0.2, 0.25) is 5.91 Å². The molecule has 0 aliphatic carbocycles. The summed E-state index contributed by atoms with van der Waals surface area (Å²) >= 11 is 0. The highest BCUT2D eigenvalue weighted by atomic mass is 19.1. The van der Waals surface area contributed by atoms with Gasteiger partial charge in [0.1, 0.15) is 17.2 Å². The van der Waals surface area contributed by atoms with E-state index in [0.717, 1.165) is 17.7 Å². The van der Waals surface area contributed by atoms with Gasteiger partial charge in [0.05, 0.1) is 6.04 Å². The molecule has 4 rings (SSSR count). The topological polar surface area (TPSA) is 58.6 Å². The van der Waals surface area contributed by atoms with Gasteiger partial charge in [-0.2, -0.15) is 0 Å². The highest BCUT2D eigenvalue weighted by Crippen LogP contribution is 2.44. The van der Waals surface area contributed by atoms with Crippen LogP contribution in [0.15, 0.2) is 48.5 Å². The van der Waals surface area contributed by atoms with Crippen LogP contribution < -0.4 is 10.1 Å². The Morgan fingerprint density at radius 1 is 1.21 bits per heavy atom. The van der Waals surface area contributed by atoms with Crippen LogP contribution in [0.5, 0.6) is 5.75 Å². The second-order valence-electron chi connectivity index (χ2n) is 7.78. The first-order valence-corrected chi connectivity index (χ1v) is 10.1. The number of nitrogens with one attached hydrogen (secondary N) is 1. The number of para-hydroxylation sites is 1. The SMILES string of the molecule is CCN1CCC2(CCC1=O)CC(NC(=O)c1ccc(F)cc1)c1ccccc1O2. The molecule has 5 nitrogen and oxygen atoms in total. The number of fused-ring (bicyclic) bond motifs is 1. The monoisotopic (exact) mass is 396 g/mol. The summed E-state index contributed by atoms with van der Waals surface area (Å²) in [6.07, 6.45) is 2.39. The average molecular weight is 396 g/mol. The quantitative estimate of drug-likeness (QED) is 0.857. The van der Waals surface area contributed by atoms with Crippen molar-refractivity contribution in [1.29, 1.82) is 0 Å². The number of carbonyl (C=O) groups is 2. The lowest BCUT2D eigenvalue weighted by Gasteiger charge is -2.42. The van der Waals surface area contributed by atoms with Gasteiger partial charge >= 0.3 is 0 Å². The molecule has 2 aliphatic rings. The number of benzene rings is 2. The van der Waals surface area contributed by atoms with Crippen molar-refractivity contribution in [1.82, 2.24) is 10.2 Å². The van der Waals surface area contributed by atoms with E-state index in [9.17, 15) is 14.0 Å². The van der Waals surface area contributed by atoms with Crippen LogP contribution in [0.1, 0.15) is 54.6 Å². The molecule has 152 valence electrons. The molecular weight excluding hydrogens is 371 g/mol. The molecule has 1 N–H and O–H groups in total. The van der Waals surface area contributed by atoms with E-state index in [-0.39, 0.29) is 23.7 Å². The molecule has 6 heteroatoms. The number of carbonyl (C=O) groups excluding carboxylic acids is 2. The normalized spacial score (nSPS) is 23.9. The van der Waals surface area contributed by atoms with E-state index in [1.165, 1.54) is 24.3 Å². The minimum absolute atomic E-state index is 0.152. The zero-order valence-corrected chi connectivity index (χ0v) is 16.5. The Labute approximate surface area is 169 Å². The number of nitrogens with zero attached hydrogens (tertiary/aromatic N) is 1. The maximum Gasteiger partial charge on any atom is 0.251 e.